The lowest BCUT2D eigenvalue weighted by molar-refractivity contribution is 0.0571. The number of hydrogen-bond acceptors (Lipinski definition) is 2. The van der Waals surface area contributed by atoms with Crippen molar-refractivity contribution in [1.82, 2.24) is 0 Å². The second kappa shape index (κ2) is 5.97. The minimum Gasteiger partial charge on any atom is -0.501 e. The van der Waals surface area contributed by atoms with Gasteiger partial charge in [-0.05, 0) is 65.7 Å². The number of hydrogen-bond donors (Lipinski definition) is 0. The Morgan fingerprint density at radius 3 is 2.78 bits per heavy atom. The summed E-state index contributed by atoms with van der Waals surface area (Å²) in [5, 5.41) is 0. The first-order chi connectivity index (χ1) is 11.2. The molecule has 0 saturated heterocycles. The Kier molecular flexibility index (Phi) is 3.82. The molecule has 1 aromatic carbocycles. The van der Waals surface area contributed by atoms with Gasteiger partial charge in [-0.1, -0.05) is 18.2 Å². The SMILES string of the molecule is COC1=CC=C2CC[C@H]3C[C@@H](OCc4ccc(F)cc4)C(=C23)C1. The minimum atomic E-state index is -0.206. The van der Waals surface area contributed by atoms with Crippen LogP contribution in [-0.2, 0) is 16.1 Å². The van der Waals surface area contributed by atoms with Crippen molar-refractivity contribution in [3.63, 3.8) is 0 Å². The van der Waals surface area contributed by atoms with Crippen LogP contribution >= 0.6 is 0 Å². The van der Waals surface area contributed by atoms with Gasteiger partial charge in [0.15, 0.2) is 0 Å². The van der Waals surface area contributed by atoms with Crippen LogP contribution in [0.15, 0.2) is 58.9 Å². The van der Waals surface area contributed by atoms with E-state index in [0.717, 1.165) is 24.2 Å². The molecule has 3 heteroatoms. The van der Waals surface area contributed by atoms with E-state index >= 15 is 0 Å². The van der Waals surface area contributed by atoms with Crippen LogP contribution in [0.2, 0.25) is 0 Å². The molecule has 1 fully saturated rings. The molecule has 0 unspecified atom stereocenters. The molecular weight excluding hydrogens is 291 g/mol. The van der Waals surface area contributed by atoms with Crippen molar-refractivity contribution < 1.29 is 13.9 Å². The van der Waals surface area contributed by atoms with Crippen LogP contribution in [0.3, 0.4) is 0 Å². The van der Waals surface area contributed by atoms with Crippen molar-refractivity contribution in [1.29, 1.82) is 0 Å². The molecule has 2 nitrogen and oxygen atoms in total. The first kappa shape index (κ1) is 14.7. The van der Waals surface area contributed by atoms with E-state index < -0.39 is 0 Å². The van der Waals surface area contributed by atoms with Gasteiger partial charge in [0.1, 0.15) is 5.82 Å². The lowest BCUT2D eigenvalue weighted by Gasteiger charge is -2.18. The summed E-state index contributed by atoms with van der Waals surface area (Å²) in [6, 6.07) is 6.56. The highest BCUT2D eigenvalue weighted by Gasteiger charge is 2.40. The van der Waals surface area contributed by atoms with Crippen LogP contribution in [0.1, 0.15) is 31.2 Å². The number of halogens is 1. The fraction of sp³-hybridized carbons (Fsp3) is 0.400. The van der Waals surface area contributed by atoms with E-state index in [1.807, 2.05) is 0 Å². The maximum absolute atomic E-state index is 13.0. The Morgan fingerprint density at radius 1 is 1.17 bits per heavy atom. The lowest BCUT2D eigenvalue weighted by Crippen LogP contribution is -2.14. The van der Waals surface area contributed by atoms with E-state index in [1.165, 1.54) is 41.7 Å². The highest BCUT2D eigenvalue weighted by atomic mass is 19.1. The highest BCUT2D eigenvalue weighted by molar-refractivity contribution is 5.50. The molecule has 4 rings (SSSR count). The van der Waals surface area contributed by atoms with Gasteiger partial charge < -0.3 is 9.47 Å². The van der Waals surface area contributed by atoms with Gasteiger partial charge in [-0.2, -0.15) is 0 Å². The Hall–Kier alpha value is -1.87. The molecule has 23 heavy (non-hydrogen) atoms. The van der Waals surface area contributed by atoms with Crippen molar-refractivity contribution in [2.75, 3.05) is 7.11 Å². The van der Waals surface area contributed by atoms with E-state index in [0.29, 0.717) is 12.5 Å². The van der Waals surface area contributed by atoms with E-state index in [1.54, 1.807) is 19.2 Å². The molecule has 3 aliphatic carbocycles. The summed E-state index contributed by atoms with van der Waals surface area (Å²) in [6.07, 6.45) is 8.80. The standard InChI is InChI=1S/C20H21FO2/c1-22-17-9-6-14-4-5-15-10-19(18(11-17)20(14)15)23-12-13-2-7-16(21)8-3-13/h2-3,6-9,15,19H,4-5,10-12H2,1H3/t15-,19+/m0/s1. The number of benzene rings is 1. The molecule has 1 aromatic rings. The van der Waals surface area contributed by atoms with E-state index in [9.17, 15) is 4.39 Å². The summed E-state index contributed by atoms with van der Waals surface area (Å²) in [5.74, 6) is 1.44. The highest BCUT2D eigenvalue weighted by Crippen LogP contribution is 2.50. The summed E-state index contributed by atoms with van der Waals surface area (Å²) in [4.78, 5) is 0. The first-order valence-corrected chi connectivity index (χ1v) is 8.27. The molecule has 0 heterocycles. The number of allylic oxidation sites excluding steroid dienone is 5. The third kappa shape index (κ3) is 2.74. The predicted molar refractivity (Wildman–Crippen MR) is 87.1 cm³/mol. The summed E-state index contributed by atoms with van der Waals surface area (Å²) in [7, 11) is 1.73. The fourth-order valence-electron chi connectivity index (χ4n) is 4.06. The Labute approximate surface area is 136 Å². The van der Waals surface area contributed by atoms with Gasteiger partial charge in [0.25, 0.3) is 0 Å². The zero-order chi connectivity index (χ0) is 15.8. The molecule has 0 radical (unpaired) electrons. The third-order valence-electron chi connectivity index (χ3n) is 5.21. The molecule has 3 aliphatic rings. The molecule has 120 valence electrons. The molecule has 1 saturated carbocycles. The van der Waals surface area contributed by atoms with Crippen molar-refractivity contribution in [3.05, 3.63) is 70.3 Å². The molecular formula is C20H21FO2. The quantitative estimate of drug-likeness (QED) is 0.803. The fourth-order valence-corrected chi connectivity index (χ4v) is 4.06. The molecule has 0 aromatic heterocycles. The second-order valence-electron chi connectivity index (χ2n) is 6.54. The maximum atomic E-state index is 13.0. The van der Waals surface area contributed by atoms with E-state index in [2.05, 4.69) is 12.2 Å². The van der Waals surface area contributed by atoms with Crippen molar-refractivity contribution in [3.8, 4) is 0 Å². The largest absolute Gasteiger partial charge is 0.501 e. The Bertz CT molecular complexity index is 697. The molecule has 0 aliphatic heterocycles. The zero-order valence-electron chi connectivity index (χ0n) is 13.3. The minimum absolute atomic E-state index is 0.153. The Balaban J connectivity index is 1.53. The molecule has 0 spiro atoms. The lowest BCUT2D eigenvalue weighted by atomic mass is 10.0. The van der Waals surface area contributed by atoms with E-state index in [-0.39, 0.29) is 11.9 Å². The van der Waals surface area contributed by atoms with Crippen LogP contribution in [0, 0.1) is 11.7 Å². The second-order valence-corrected chi connectivity index (χ2v) is 6.54. The van der Waals surface area contributed by atoms with Crippen LogP contribution in [0.4, 0.5) is 4.39 Å². The molecule has 0 bridgehead atoms. The van der Waals surface area contributed by atoms with Crippen molar-refractivity contribution in [2.45, 2.75) is 38.4 Å². The van der Waals surface area contributed by atoms with Gasteiger partial charge in [-0.3, -0.25) is 0 Å². The van der Waals surface area contributed by atoms with E-state index in [4.69, 9.17) is 9.47 Å². The number of ether oxygens (including phenoxy) is 2. The predicted octanol–water partition coefficient (Wildman–Crippen LogP) is 4.68. The molecule has 0 N–H and O–H groups in total. The summed E-state index contributed by atoms with van der Waals surface area (Å²) in [6.45, 7) is 0.527. The smallest absolute Gasteiger partial charge is 0.123 e. The average molecular weight is 312 g/mol. The third-order valence-corrected chi connectivity index (χ3v) is 5.21. The Morgan fingerprint density at radius 2 is 2.00 bits per heavy atom. The monoisotopic (exact) mass is 312 g/mol. The summed E-state index contributed by atoms with van der Waals surface area (Å²) >= 11 is 0. The van der Waals surface area contributed by atoms with Gasteiger partial charge in [0, 0.05) is 6.42 Å². The average Bonchev–Trinajstić information content (AvgIpc) is 3.04. The van der Waals surface area contributed by atoms with Gasteiger partial charge in [-0.25, -0.2) is 4.39 Å². The van der Waals surface area contributed by atoms with Crippen LogP contribution in [0.25, 0.3) is 0 Å². The summed E-state index contributed by atoms with van der Waals surface area (Å²) in [5.41, 5.74) is 5.40. The van der Waals surface area contributed by atoms with Crippen LogP contribution < -0.4 is 0 Å². The van der Waals surface area contributed by atoms with Gasteiger partial charge in [0.05, 0.1) is 25.6 Å². The van der Waals surface area contributed by atoms with Crippen LogP contribution in [0.5, 0.6) is 0 Å². The molecule has 0 amide bonds. The van der Waals surface area contributed by atoms with Gasteiger partial charge in [-0.15, -0.1) is 0 Å². The summed E-state index contributed by atoms with van der Waals surface area (Å²) < 4.78 is 24.7. The van der Waals surface area contributed by atoms with Gasteiger partial charge in [0.2, 0.25) is 0 Å². The normalized spacial score (nSPS) is 25.8. The number of methoxy groups -OCH3 is 1. The van der Waals surface area contributed by atoms with Crippen molar-refractivity contribution in [2.24, 2.45) is 5.92 Å². The topological polar surface area (TPSA) is 18.5 Å². The maximum Gasteiger partial charge on any atom is 0.123 e. The zero-order valence-corrected chi connectivity index (χ0v) is 13.3. The van der Waals surface area contributed by atoms with Crippen LogP contribution in [-0.4, -0.2) is 13.2 Å². The van der Waals surface area contributed by atoms with Crippen molar-refractivity contribution >= 4 is 0 Å². The van der Waals surface area contributed by atoms with Gasteiger partial charge >= 0.3 is 0 Å². The first-order valence-electron chi connectivity index (χ1n) is 8.27. The molecule has 2 atom stereocenters. The number of rotatable bonds is 4.